The topological polar surface area (TPSA) is 49.8 Å². The summed E-state index contributed by atoms with van der Waals surface area (Å²) in [6, 6.07) is 6.46. The quantitative estimate of drug-likeness (QED) is 0.894. The van der Waals surface area contributed by atoms with Gasteiger partial charge in [0.25, 0.3) is 0 Å². The summed E-state index contributed by atoms with van der Waals surface area (Å²) in [7, 11) is 1.85. The van der Waals surface area contributed by atoms with E-state index in [1.807, 2.05) is 7.05 Å². The third-order valence-electron chi connectivity index (χ3n) is 3.68. The van der Waals surface area contributed by atoms with E-state index in [0.717, 1.165) is 28.2 Å². The Morgan fingerprint density at radius 3 is 2.75 bits per heavy atom. The van der Waals surface area contributed by atoms with Gasteiger partial charge in [-0.25, -0.2) is 9.97 Å². The van der Waals surface area contributed by atoms with Crippen LogP contribution in [0.4, 0.5) is 17.3 Å². The molecule has 2 N–H and O–H groups in total. The van der Waals surface area contributed by atoms with Gasteiger partial charge < -0.3 is 10.6 Å². The second-order valence-corrected chi connectivity index (χ2v) is 5.70. The number of hydrogen-bond acceptors (Lipinski definition) is 4. The highest BCUT2D eigenvalue weighted by molar-refractivity contribution is 9.10. The maximum atomic E-state index is 4.32. The van der Waals surface area contributed by atoms with Crippen LogP contribution < -0.4 is 10.6 Å². The van der Waals surface area contributed by atoms with E-state index in [1.54, 1.807) is 6.33 Å². The highest BCUT2D eigenvalue weighted by Gasteiger charge is 2.14. The molecule has 1 aromatic carbocycles. The number of aryl methyl sites for hydroxylation is 1. The number of hydrogen-bond donors (Lipinski definition) is 2. The molecule has 5 heteroatoms. The van der Waals surface area contributed by atoms with Gasteiger partial charge in [-0.2, -0.15) is 0 Å². The summed E-state index contributed by atoms with van der Waals surface area (Å²) in [5.41, 5.74) is 4.04. The summed E-state index contributed by atoms with van der Waals surface area (Å²) in [6.45, 7) is 0. The van der Waals surface area contributed by atoms with E-state index in [1.165, 1.54) is 30.4 Å². The van der Waals surface area contributed by atoms with Gasteiger partial charge in [-0.05, 0) is 58.8 Å². The number of halogens is 1. The SMILES string of the molecule is CNc1ncnc(Nc2cccc3c2CCCC3)c1Br. The lowest BCUT2D eigenvalue weighted by Gasteiger charge is -2.20. The number of nitrogens with one attached hydrogen (secondary N) is 2. The van der Waals surface area contributed by atoms with Crippen molar-refractivity contribution in [2.24, 2.45) is 0 Å². The van der Waals surface area contributed by atoms with Crippen molar-refractivity contribution in [2.75, 3.05) is 17.7 Å². The molecule has 0 bridgehead atoms. The zero-order valence-corrected chi connectivity index (χ0v) is 13.0. The lowest BCUT2D eigenvalue weighted by atomic mass is 9.90. The van der Waals surface area contributed by atoms with Crippen LogP contribution in [0.5, 0.6) is 0 Å². The zero-order valence-electron chi connectivity index (χ0n) is 11.4. The van der Waals surface area contributed by atoms with Crippen molar-refractivity contribution in [1.82, 2.24) is 9.97 Å². The Morgan fingerprint density at radius 1 is 1.10 bits per heavy atom. The first kappa shape index (κ1) is 13.4. The molecule has 104 valence electrons. The van der Waals surface area contributed by atoms with Crippen molar-refractivity contribution in [3.63, 3.8) is 0 Å². The molecule has 1 aliphatic carbocycles. The van der Waals surface area contributed by atoms with Crippen LogP contribution in [-0.4, -0.2) is 17.0 Å². The molecule has 1 aromatic heterocycles. The fourth-order valence-electron chi connectivity index (χ4n) is 2.66. The Morgan fingerprint density at radius 2 is 1.90 bits per heavy atom. The van der Waals surface area contributed by atoms with Crippen LogP contribution >= 0.6 is 15.9 Å². The lowest BCUT2D eigenvalue weighted by molar-refractivity contribution is 0.687. The van der Waals surface area contributed by atoms with Crippen LogP contribution in [0.15, 0.2) is 29.0 Å². The van der Waals surface area contributed by atoms with Crippen LogP contribution in [0.2, 0.25) is 0 Å². The van der Waals surface area contributed by atoms with Gasteiger partial charge in [0.15, 0.2) is 0 Å². The average molecular weight is 333 g/mol. The molecule has 1 heterocycles. The van der Waals surface area contributed by atoms with E-state index in [0.29, 0.717) is 0 Å². The third-order valence-corrected chi connectivity index (χ3v) is 4.43. The Bertz CT molecular complexity index is 627. The molecule has 0 saturated carbocycles. The highest BCUT2D eigenvalue weighted by atomic mass is 79.9. The van der Waals surface area contributed by atoms with E-state index < -0.39 is 0 Å². The highest BCUT2D eigenvalue weighted by Crippen LogP contribution is 2.33. The molecular weight excluding hydrogens is 316 g/mol. The van der Waals surface area contributed by atoms with Gasteiger partial charge in [-0.1, -0.05) is 12.1 Å². The normalized spacial score (nSPS) is 13.7. The minimum Gasteiger partial charge on any atom is -0.372 e. The minimum absolute atomic E-state index is 0.785. The molecule has 2 aromatic rings. The largest absolute Gasteiger partial charge is 0.372 e. The molecule has 0 unspecified atom stereocenters. The Hall–Kier alpha value is -1.62. The van der Waals surface area contributed by atoms with Gasteiger partial charge in [0, 0.05) is 12.7 Å². The summed E-state index contributed by atoms with van der Waals surface area (Å²) in [5.74, 6) is 1.58. The number of anilines is 3. The van der Waals surface area contributed by atoms with Gasteiger partial charge in [0.2, 0.25) is 0 Å². The van der Waals surface area contributed by atoms with Gasteiger partial charge in [0.1, 0.15) is 22.4 Å². The third kappa shape index (κ3) is 2.50. The summed E-state index contributed by atoms with van der Waals surface area (Å²) < 4.78 is 0.857. The summed E-state index contributed by atoms with van der Waals surface area (Å²) in [6.07, 6.45) is 6.43. The molecule has 0 spiro atoms. The molecule has 0 radical (unpaired) electrons. The number of rotatable bonds is 3. The van der Waals surface area contributed by atoms with Crippen LogP contribution in [0.25, 0.3) is 0 Å². The van der Waals surface area contributed by atoms with Gasteiger partial charge in [-0.15, -0.1) is 0 Å². The molecule has 3 rings (SSSR count). The fourth-order valence-corrected chi connectivity index (χ4v) is 3.16. The van der Waals surface area contributed by atoms with Crippen LogP contribution in [-0.2, 0) is 12.8 Å². The van der Waals surface area contributed by atoms with Crippen molar-refractivity contribution in [3.05, 3.63) is 40.1 Å². The predicted octanol–water partition coefficient (Wildman–Crippen LogP) is 3.90. The Kier molecular flexibility index (Phi) is 3.87. The number of fused-ring (bicyclic) bond motifs is 1. The predicted molar refractivity (Wildman–Crippen MR) is 85.6 cm³/mol. The van der Waals surface area contributed by atoms with Crippen molar-refractivity contribution >= 4 is 33.3 Å². The smallest absolute Gasteiger partial charge is 0.150 e. The number of nitrogens with zero attached hydrogens (tertiary/aromatic N) is 2. The standard InChI is InChI=1S/C15H17BrN4/c1-17-14-13(16)15(19-9-18-14)20-12-8-4-6-10-5-2-3-7-11(10)12/h4,6,8-9H,2-3,5,7H2,1H3,(H2,17,18,19,20). The van der Waals surface area contributed by atoms with E-state index in [-0.39, 0.29) is 0 Å². The fraction of sp³-hybridized carbons (Fsp3) is 0.333. The lowest BCUT2D eigenvalue weighted by Crippen LogP contribution is -2.07. The van der Waals surface area contributed by atoms with Crippen LogP contribution in [0, 0.1) is 0 Å². The van der Waals surface area contributed by atoms with Crippen molar-refractivity contribution < 1.29 is 0 Å². The second kappa shape index (κ2) is 5.79. The van der Waals surface area contributed by atoms with E-state index in [2.05, 4.69) is 54.7 Å². The first-order valence-electron chi connectivity index (χ1n) is 6.85. The van der Waals surface area contributed by atoms with E-state index in [9.17, 15) is 0 Å². The van der Waals surface area contributed by atoms with Gasteiger partial charge in [-0.3, -0.25) is 0 Å². The van der Waals surface area contributed by atoms with Crippen molar-refractivity contribution in [2.45, 2.75) is 25.7 Å². The second-order valence-electron chi connectivity index (χ2n) is 4.91. The maximum Gasteiger partial charge on any atom is 0.150 e. The number of aromatic nitrogens is 2. The minimum atomic E-state index is 0.785. The summed E-state index contributed by atoms with van der Waals surface area (Å²) >= 11 is 3.54. The molecule has 0 aliphatic heterocycles. The first-order valence-corrected chi connectivity index (χ1v) is 7.65. The Labute approximate surface area is 127 Å². The molecule has 1 aliphatic rings. The molecule has 0 amide bonds. The zero-order chi connectivity index (χ0) is 13.9. The number of benzene rings is 1. The first-order chi connectivity index (χ1) is 9.79. The summed E-state index contributed by atoms with van der Waals surface area (Å²) in [4.78, 5) is 8.50. The average Bonchev–Trinajstić information content (AvgIpc) is 2.50. The van der Waals surface area contributed by atoms with E-state index in [4.69, 9.17) is 0 Å². The van der Waals surface area contributed by atoms with Crippen molar-refractivity contribution in [3.8, 4) is 0 Å². The van der Waals surface area contributed by atoms with Crippen LogP contribution in [0.3, 0.4) is 0 Å². The molecule has 0 atom stereocenters. The summed E-state index contributed by atoms with van der Waals surface area (Å²) in [5, 5.41) is 6.48. The monoisotopic (exact) mass is 332 g/mol. The molecule has 20 heavy (non-hydrogen) atoms. The molecule has 4 nitrogen and oxygen atoms in total. The van der Waals surface area contributed by atoms with Crippen LogP contribution in [0.1, 0.15) is 24.0 Å². The van der Waals surface area contributed by atoms with E-state index >= 15 is 0 Å². The molecular formula is C15H17BrN4. The van der Waals surface area contributed by atoms with Gasteiger partial charge >= 0.3 is 0 Å². The van der Waals surface area contributed by atoms with Gasteiger partial charge in [0.05, 0.1) is 0 Å². The van der Waals surface area contributed by atoms with Crippen molar-refractivity contribution in [1.29, 1.82) is 0 Å². The maximum absolute atomic E-state index is 4.32. The molecule has 0 fully saturated rings. The Balaban J connectivity index is 1.96. The molecule has 0 saturated heterocycles.